The molecule has 4 rings (SSSR count). The van der Waals surface area contributed by atoms with E-state index in [2.05, 4.69) is 15.5 Å². The normalized spacial score (nSPS) is 11.8. The topological polar surface area (TPSA) is 98.9 Å². The predicted octanol–water partition coefficient (Wildman–Crippen LogP) is 2.71. The summed E-state index contributed by atoms with van der Waals surface area (Å²) in [6.07, 6.45) is 0. The van der Waals surface area contributed by atoms with Crippen LogP contribution in [0.3, 0.4) is 0 Å². The van der Waals surface area contributed by atoms with Gasteiger partial charge in [-0.1, -0.05) is 6.07 Å². The fourth-order valence-corrected chi connectivity index (χ4v) is 3.88. The summed E-state index contributed by atoms with van der Waals surface area (Å²) in [5.41, 5.74) is 1.02. The molecule has 0 radical (unpaired) electrons. The van der Waals surface area contributed by atoms with Crippen molar-refractivity contribution < 1.29 is 9.18 Å². The Kier molecular flexibility index (Phi) is 6.55. The van der Waals surface area contributed by atoms with Gasteiger partial charge in [0.05, 0.1) is 17.1 Å². The van der Waals surface area contributed by atoms with E-state index in [4.69, 9.17) is 0 Å². The molecule has 0 fully saturated rings. The molecule has 1 unspecified atom stereocenters. The standard InChI is InChI=1S/C23H20FN5O3S/c1-15(29-22(31)11-8-18(27-29)16-4-6-17(24)7-5-16)23(32)25-12-13-28-21(30)10-9-19(26-28)20-3-2-14-33-20/h2-11,14-15H,12-13H2,1H3,(H,25,32). The predicted molar refractivity (Wildman–Crippen MR) is 123 cm³/mol. The number of benzene rings is 1. The van der Waals surface area contributed by atoms with Crippen molar-refractivity contribution in [2.75, 3.05) is 6.54 Å². The third-order valence-electron chi connectivity index (χ3n) is 4.97. The lowest BCUT2D eigenvalue weighted by atomic mass is 10.1. The number of amides is 1. The maximum absolute atomic E-state index is 13.2. The molecule has 33 heavy (non-hydrogen) atoms. The van der Waals surface area contributed by atoms with Crippen LogP contribution in [-0.4, -0.2) is 32.0 Å². The zero-order chi connectivity index (χ0) is 23.4. The average molecular weight is 466 g/mol. The van der Waals surface area contributed by atoms with Crippen LogP contribution in [0.5, 0.6) is 0 Å². The molecule has 3 aromatic heterocycles. The van der Waals surface area contributed by atoms with Gasteiger partial charge < -0.3 is 5.32 Å². The van der Waals surface area contributed by atoms with Crippen LogP contribution in [0.15, 0.2) is 75.6 Å². The highest BCUT2D eigenvalue weighted by molar-refractivity contribution is 7.13. The van der Waals surface area contributed by atoms with Crippen LogP contribution in [-0.2, 0) is 11.3 Å². The lowest BCUT2D eigenvalue weighted by Crippen LogP contribution is -2.39. The maximum atomic E-state index is 13.2. The number of carbonyl (C=O) groups is 1. The second-order valence-electron chi connectivity index (χ2n) is 7.23. The molecule has 0 spiro atoms. The molecule has 0 bridgehead atoms. The summed E-state index contributed by atoms with van der Waals surface area (Å²) in [5.74, 6) is -0.808. The van der Waals surface area contributed by atoms with Gasteiger partial charge in [-0.3, -0.25) is 14.4 Å². The van der Waals surface area contributed by atoms with E-state index in [9.17, 15) is 18.8 Å². The van der Waals surface area contributed by atoms with Crippen LogP contribution in [0.4, 0.5) is 4.39 Å². The van der Waals surface area contributed by atoms with E-state index < -0.39 is 17.5 Å². The zero-order valence-electron chi connectivity index (χ0n) is 17.6. The lowest BCUT2D eigenvalue weighted by Gasteiger charge is -2.15. The van der Waals surface area contributed by atoms with Gasteiger partial charge in [0.15, 0.2) is 0 Å². The first-order valence-corrected chi connectivity index (χ1v) is 11.1. The summed E-state index contributed by atoms with van der Waals surface area (Å²) in [6, 6.07) is 14.6. The van der Waals surface area contributed by atoms with Crippen molar-refractivity contribution in [1.29, 1.82) is 0 Å². The van der Waals surface area contributed by atoms with Gasteiger partial charge in [0.1, 0.15) is 17.6 Å². The van der Waals surface area contributed by atoms with Crippen LogP contribution >= 0.6 is 11.3 Å². The maximum Gasteiger partial charge on any atom is 0.267 e. The minimum atomic E-state index is -0.889. The van der Waals surface area contributed by atoms with Gasteiger partial charge in [0.2, 0.25) is 5.91 Å². The van der Waals surface area contributed by atoms with Crippen molar-refractivity contribution in [3.8, 4) is 21.8 Å². The molecule has 4 aromatic rings. The highest BCUT2D eigenvalue weighted by Gasteiger charge is 2.18. The van der Waals surface area contributed by atoms with Gasteiger partial charge >= 0.3 is 0 Å². The van der Waals surface area contributed by atoms with Crippen molar-refractivity contribution in [1.82, 2.24) is 24.9 Å². The molecule has 0 aliphatic carbocycles. The third-order valence-corrected chi connectivity index (χ3v) is 5.87. The van der Waals surface area contributed by atoms with E-state index in [0.717, 1.165) is 9.56 Å². The largest absolute Gasteiger partial charge is 0.352 e. The Morgan fingerprint density at radius 2 is 1.73 bits per heavy atom. The Labute approximate surface area is 192 Å². The van der Waals surface area contributed by atoms with E-state index in [1.807, 2.05) is 17.5 Å². The number of thiophene rings is 1. The number of aromatic nitrogens is 4. The van der Waals surface area contributed by atoms with Crippen molar-refractivity contribution in [2.45, 2.75) is 19.5 Å². The summed E-state index contributed by atoms with van der Waals surface area (Å²) in [5, 5.41) is 13.3. The number of nitrogens with one attached hydrogen (secondary N) is 1. The molecule has 0 aliphatic rings. The molecule has 3 heterocycles. The highest BCUT2D eigenvalue weighted by Crippen LogP contribution is 2.21. The molecule has 0 saturated heterocycles. The number of nitrogens with zero attached hydrogens (tertiary/aromatic N) is 4. The van der Waals surface area contributed by atoms with Crippen molar-refractivity contribution in [3.63, 3.8) is 0 Å². The Balaban J connectivity index is 1.44. The molecule has 8 nitrogen and oxygen atoms in total. The number of carbonyl (C=O) groups excluding carboxylic acids is 1. The number of hydrogen-bond acceptors (Lipinski definition) is 6. The number of halogens is 1. The van der Waals surface area contributed by atoms with E-state index >= 15 is 0 Å². The average Bonchev–Trinajstić information content (AvgIpc) is 3.36. The van der Waals surface area contributed by atoms with Crippen LogP contribution in [0.1, 0.15) is 13.0 Å². The molecule has 1 atom stereocenters. The van der Waals surface area contributed by atoms with Gasteiger partial charge in [-0.25, -0.2) is 13.8 Å². The summed E-state index contributed by atoms with van der Waals surface area (Å²) >= 11 is 1.52. The molecule has 1 amide bonds. The minimum absolute atomic E-state index is 0.149. The molecule has 0 saturated carbocycles. The van der Waals surface area contributed by atoms with Crippen LogP contribution < -0.4 is 16.4 Å². The smallest absolute Gasteiger partial charge is 0.267 e. The van der Waals surface area contributed by atoms with Gasteiger partial charge in [-0.05, 0) is 54.8 Å². The number of hydrogen-bond donors (Lipinski definition) is 1. The SMILES string of the molecule is CC(C(=O)NCCn1nc(-c2cccs2)ccc1=O)n1nc(-c2ccc(F)cc2)ccc1=O. The summed E-state index contributed by atoms with van der Waals surface area (Å²) < 4.78 is 15.6. The highest BCUT2D eigenvalue weighted by atomic mass is 32.1. The first kappa shape index (κ1) is 22.3. The van der Waals surface area contributed by atoms with E-state index in [1.54, 1.807) is 25.1 Å². The zero-order valence-corrected chi connectivity index (χ0v) is 18.5. The molecule has 10 heteroatoms. The van der Waals surface area contributed by atoms with Gasteiger partial charge in [0, 0.05) is 24.2 Å². The fraction of sp³-hybridized carbons (Fsp3) is 0.174. The molecule has 1 N–H and O–H groups in total. The van der Waals surface area contributed by atoms with Gasteiger partial charge in [0.25, 0.3) is 11.1 Å². The Bertz CT molecular complexity index is 1380. The molecule has 0 aliphatic heterocycles. The van der Waals surface area contributed by atoms with Crippen LogP contribution in [0.2, 0.25) is 0 Å². The van der Waals surface area contributed by atoms with Crippen LogP contribution in [0, 0.1) is 5.82 Å². The Hall–Kier alpha value is -3.92. The molecule has 168 valence electrons. The minimum Gasteiger partial charge on any atom is -0.352 e. The van der Waals surface area contributed by atoms with E-state index in [0.29, 0.717) is 17.0 Å². The van der Waals surface area contributed by atoms with Crippen molar-refractivity contribution in [2.24, 2.45) is 0 Å². The Morgan fingerprint density at radius 1 is 1.00 bits per heavy atom. The number of rotatable bonds is 7. The van der Waals surface area contributed by atoms with E-state index in [-0.39, 0.29) is 24.5 Å². The van der Waals surface area contributed by atoms with Crippen LogP contribution in [0.25, 0.3) is 21.8 Å². The fourth-order valence-electron chi connectivity index (χ4n) is 3.19. The molecular formula is C23H20FN5O3S. The summed E-state index contributed by atoms with van der Waals surface area (Å²) in [6.45, 7) is 1.88. The second kappa shape index (κ2) is 9.70. The van der Waals surface area contributed by atoms with Gasteiger partial charge in [-0.15, -0.1) is 11.3 Å². The van der Waals surface area contributed by atoms with Crippen molar-refractivity contribution in [3.05, 3.63) is 92.6 Å². The first-order chi connectivity index (χ1) is 15.9. The lowest BCUT2D eigenvalue weighted by molar-refractivity contribution is -0.124. The quantitative estimate of drug-likeness (QED) is 0.453. The summed E-state index contributed by atoms with van der Waals surface area (Å²) in [7, 11) is 0. The van der Waals surface area contributed by atoms with Crippen molar-refractivity contribution >= 4 is 17.2 Å². The van der Waals surface area contributed by atoms with E-state index in [1.165, 1.54) is 46.4 Å². The molecule has 1 aromatic carbocycles. The summed E-state index contributed by atoms with van der Waals surface area (Å²) in [4.78, 5) is 38.0. The Morgan fingerprint density at radius 3 is 2.45 bits per heavy atom. The molecular weight excluding hydrogens is 445 g/mol. The second-order valence-corrected chi connectivity index (χ2v) is 8.18. The third kappa shape index (κ3) is 5.12. The first-order valence-electron chi connectivity index (χ1n) is 10.2. The van der Waals surface area contributed by atoms with Gasteiger partial charge in [-0.2, -0.15) is 10.2 Å². The monoisotopic (exact) mass is 465 g/mol.